The van der Waals surface area contributed by atoms with Crippen molar-refractivity contribution in [2.75, 3.05) is 0 Å². The summed E-state index contributed by atoms with van der Waals surface area (Å²) < 4.78 is 0. The molecule has 3 rings (SSSR count). The Hall–Kier alpha value is -0.365. The summed E-state index contributed by atoms with van der Waals surface area (Å²) in [6.45, 7) is 2.34. The van der Waals surface area contributed by atoms with Gasteiger partial charge >= 0.3 is 0 Å². The Labute approximate surface area is 134 Å². The van der Waals surface area contributed by atoms with E-state index in [1.165, 1.54) is 24.0 Å². The molecule has 0 spiro atoms. The number of fused-ring (bicyclic) bond motifs is 1. The minimum atomic E-state index is 0. The standard InChI is InChI=1S/C16H16.2Li/c1-12-10-14-8-5-9-15(16(14)11-12)13-6-3-2-4-7-13;;/h2-9,12H,10-11H2,1H3;;. The molecule has 0 nitrogen and oxygen atoms in total. The van der Waals surface area contributed by atoms with Gasteiger partial charge in [0.25, 0.3) is 0 Å². The molecule has 0 heterocycles. The summed E-state index contributed by atoms with van der Waals surface area (Å²) in [5, 5.41) is 0. The Morgan fingerprint density at radius 2 is 1.56 bits per heavy atom. The molecule has 18 heavy (non-hydrogen) atoms. The van der Waals surface area contributed by atoms with Gasteiger partial charge in [-0.25, -0.2) is 0 Å². The van der Waals surface area contributed by atoms with E-state index in [1.807, 2.05) is 0 Å². The molecule has 0 aromatic heterocycles. The Kier molecular flexibility index (Phi) is 5.84. The fraction of sp³-hybridized carbons (Fsp3) is 0.250. The fourth-order valence-electron chi connectivity index (χ4n) is 2.75. The van der Waals surface area contributed by atoms with Crippen LogP contribution in [0, 0.1) is 5.92 Å². The molecular formula is C16H16Li2. The van der Waals surface area contributed by atoms with Crippen molar-refractivity contribution in [3.63, 3.8) is 0 Å². The van der Waals surface area contributed by atoms with Gasteiger partial charge in [-0.15, -0.1) is 0 Å². The summed E-state index contributed by atoms with van der Waals surface area (Å²) >= 11 is 0. The third-order valence-corrected chi connectivity index (χ3v) is 3.48. The molecule has 0 aliphatic heterocycles. The summed E-state index contributed by atoms with van der Waals surface area (Å²) in [5.74, 6) is 0.805. The van der Waals surface area contributed by atoms with Crippen LogP contribution in [-0.4, -0.2) is 37.7 Å². The molecule has 2 radical (unpaired) electrons. The molecule has 1 aliphatic carbocycles. The minimum Gasteiger partial charge on any atom is -0.0622 e. The van der Waals surface area contributed by atoms with Crippen LogP contribution in [0.3, 0.4) is 0 Å². The van der Waals surface area contributed by atoms with Gasteiger partial charge in [-0.2, -0.15) is 0 Å². The van der Waals surface area contributed by atoms with E-state index in [0.717, 1.165) is 5.92 Å². The molecule has 2 heteroatoms. The van der Waals surface area contributed by atoms with Gasteiger partial charge in [-0.3, -0.25) is 0 Å². The van der Waals surface area contributed by atoms with E-state index in [0.29, 0.717) is 0 Å². The topological polar surface area (TPSA) is 0 Å². The van der Waals surface area contributed by atoms with Crippen molar-refractivity contribution >= 4 is 37.7 Å². The SMILES string of the molecule is CC1Cc2cccc(-c3ccccc3)c2C1.[Li].[Li]. The van der Waals surface area contributed by atoms with Crippen molar-refractivity contribution in [2.45, 2.75) is 19.8 Å². The number of hydrogen-bond acceptors (Lipinski definition) is 0. The van der Waals surface area contributed by atoms with Crippen LogP contribution in [0.4, 0.5) is 0 Å². The normalized spacial score (nSPS) is 16.4. The zero-order valence-electron chi connectivity index (χ0n) is 11.6. The predicted octanol–water partition coefficient (Wildman–Crippen LogP) is 3.33. The van der Waals surface area contributed by atoms with Crippen molar-refractivity contribution in [1.82, 2.24) is 0 Å². The van der Waals surface area contributed by atoms with Crippen molar-refractivity contribution in [3.05, 3.63) is 59.7 Å². The molecule has 0 saturated carbocycles. The van der Waals surface area contributed by atoms with Gasteiger partial charge in [-0.05, 0) is 41.0 Å². The van der Waals surface area contributed by atoms with Crippen LogP contribution in [0.15, 0.2) is 48.5 Å². The number of hydrogen-bond donors (Lipinski definition) is 0. The van der Waals surface area contributed by atoms with Gasteiger partial charge in [0.1, 0.15) is 0 Å². The van der Waals surface area contributed by atoms with Gasteiger partial charge in [-0.1, -0.05) is 55.5 Å². The first-order valence-corrected chi connectivity index (χ1v) is 6.01. The summed E-state index contributed by atoms with van der Waals surface area (Å²) in [6.07, 6.45) is 2.48. The van der Waals surface area contributed by atoms with Gasteiger partial charge in [0.2, 0.25) is 0 Å². The van der Waals surface area contributed by atoms with Crippen LogP contribution in [0.25, 0.3) is 11.1 Å². The van der Waals surface area contributed by atoms with Gasteiger partial charge in [0, 0.05) is 37.7 Å². The van der Waals surface area contributed by atoms with Crippen LogP contribution < -0.4 is 0 Å². The van der Waals surface area contributed by atoms with E-state index in [2.05, 4.69) is 55.5 Å². The molecule has 2 aromatic carbocycles. The average Bonchev–Trinajstić information content (AvgIpc) is 2.70. The molecule has 82 valence electrons. The first-order valence-electron chi connectivity index (χ1n) is 6.01. The van der Waals surface area contributed by atoms with Crippen molar-refractivity contribution in [3.8, 4) is 11.1 Å². The molecule has 1 atom stereocenters. The summed E-state index contributed by atoms with van der Waals surface area (Å²) in [5.41, 5.74) is 5.91. The summed E-state index contributed by atoms with van der Waals surface area (Å²) in [6, 6.07) is 17.5. The monoisotopic (exact) mass is 222 g/mol. The van der Waals surface area contributed by atoms with Gasteiger partial charge in [0.05, 0.1) is 0 Å². The molecule has 0 saturated heterocycles. The summed E-state index contributed by atoms with van der Waals surface area (Å²) in [7, 11) is 0. The van der Waals surface area contributed by atoms with Crippen LogP contribution in [0.5, 0.6) is 0 Å². The average molecular weight is 222 g/mol. The van der Waals surface area contributed by atoms with E-state index in [-0.39, 0.29) is 37.7 Å². The van der Waals surface area contributed by atoms with E-state index in [9.17, 15) is 0 Å². The molecule has 0 amide bonds. The quantitative estimate of drug-likeness (QED) is 0.649. The van der Waals surface area contributed by atoms with Gasteiger partial charge in [0.15, 0.2) is 0 Å². The predicted molar refractivity (Wildman–Crippen MR) is 80.0 cm³/mol. The van der Waals surface area contributed by atoms with E-state index in [1.54, 1.807) is 11.1 Å². The molecule has 1 unspecified atom stereocenters. The second kappa shape index (κ2) is 6.70. The smallest absolute Gasteiger partial charge is 0 e. The Balaban J connectivity index is 0.000000810. The summed E-state index contributed by atoms with van der Waals surface area (Å²) in [4.78, 5) is 0. The molecule has 0 bridgehead atoms. The molecule has 0 fully saturated rings. The van der Waals surface area contributed by atoms with Crippen molar-refractivity contribution < 1.29 is 0 Å². The van der Waals surface area contributed by atoms with Crippen molar-refractivity contribution in [2.24, 2.45) is 5.92 Å². The van der Waals surface area contributed by atoms with Crippen LogP contribution in [-0.2, 0) is 12.8 Å². The Morgan fingerprint density at radius 3 is 2.28 bits per heavy atom. The van der Waals surface area contributed by atoms with Crippen molar-refractivity contribution in [1.29, 1.82) is 0 Å². The minimum absolute atomic E-state index is 0. The van der Waals surface area contributed by atoms with Crippen LogP contribution >= 0.6 is 0 Å². The maximum absolute atomic E-state index is 2.34. The molecule has 1 aliphatic rings. The molecule has 2 aromatic rings. The van der Waals surface area contributed by atoms with Crippen LogP contribution in [0.1, 0.15) is 18.1 Å². The maximum Gasteiger partial charge on any atom is 0 e. The Bertz CT molecular complexity index is 506. The Morgan fingerprint density at radius 1 is 0.833 bits per heavy atom. The maximum atomic E-state index is 2.34. The second-order valence-corrected chi connectivity index (χ2v) is 4.82. The van der Waals surface area contributed by atoms with E-state index in [4.69, 9.17) is 0 Å². The zero-order valence-corrected chi connectivity index (χ0v) is 11.6. The third kappa shape index (κ3) is 2.96. The first kappa shape index (κ1) is 15.7. The van der Waals surface area contributed by atoms with Gasteiger partial charge < -0.3 is 0 Å². The second-order valence-electron chi connectivity index (χ2n) is 4.82. The first-order chi connectivity index (χ1) is 7.84. The van der Waals surface area contributed by atoms with E-state index < -0.39 is 0 Å². The van der Waals surface area contributed by atoms with E-state index >= 15 is 0 Å². The number of rotatable bonds is 1. The van der Waals surface area contributed by atoms with Crippen LogP contribution in [0.2, 0.25) is 0 Å². The third-order valence-electron chi connectivity index (χ3n) is 3.48. The zero-order chi connectivity index (χ0) is 11.0. The molecular weight excluding hydrogens is 206 g/mol. The number of benzene rings is 2. The largest absolute Gasteiger partial charge is 0.0622 e. The molecule has 0 N–H and O–H groups in total. The fourth-order valence-corrected chi connectivity index (χ4v) is 2.75.